The lowest BCUT2D eigenvalue weighted by atomic mass is 10.0. The SMILES string of the molecule is CCCS(=O)(=O)N1CCN(C(=O)C2CC(c3ccc(Cl)cc3)NN2)CC1. The van der Waals surface area contributed by atoms with Gasteiger partial charge in [-0.25, -0.2) is 19.3 Å². The van der Waals surface area contributed by atoms with Crippen LogP contribution in [0.5, 0.6) is 0 Å². The van der Waals surface area contributed by atoms with Crippen molar-refractivity contribution in [3.05, 3.63) is 34.9 Å². The maximum Gasteiger partial charge on any atom is 0.241 e. The fourth-order valence-corrected chi connectivity index (χ4v) is 5.05. The van der Waals surface area contributed by atoms with E-state index in [9.17, 15) is 13.2 Å². The number of nitrogens with zero attached hydrogens (tertiary/aromatic N) is 2. The van der Waals surface area contributed by atoms with Crippen molar-refractivity contribution in [1.82, 2.24) is 20.1 Å². The summed E-state index contributed by atoms with van der Waals surface area (Å²) in [6, 6.07) is 7.31. The van der Waals surface area contributed by atoms with Gasteiger partial charge in [0.25, 0.3) is 0 Å². The van der Waals surface area contributed by atoms with Gasteiger partial charge in [0.05, 0.1) is 5.75 Å². The average Bonchev–Trinajstić information content (AvgIpc) is 3.12. The Labute approximate surface area is 159 Å². The van der Waals surface area contributed by atoms with Crippen LogP contribution < -0.4 is 10.9 Å². The lowest BCUT2D eigenvalue weighted by molar-refractivity contribution is -0.134. The molecule has 1 aromatic carbocycles. The second kappa shape index (κ2) is 8.22. The van der Waals surface area contributed by atoms with E-state index in [4.69, 9.17) is 11.6 Å². The van der Waals surface area contributed by atoms with Gasteiger partial charge in [-0.05, 0) is 30.5 Å². The van der Waals surface area contributed by atoms with E-state index in [2.05, 4.69) is 10.9 Å². The average molecular weight is 401 g/mol. The van der Waals surface area contributed by atoms with E-state index in [0.29, 0.717) is 44.0 Å². The molecule has 2 unspecified atom stereocenters. The number of nitrogens with one attached hydrogen (secondary N) is 2. The Morgan fingerprint density at radius 1 is 1.15 bits per heavy atom. The molecule has 2 N–H and O–H groups in total. The third-order valence-corrected chi connectivity index (χ3v) is 7.21. The van der Waals surface area contributed by atoms with Crippen molar-refractivity contribution in [3.63, 3.8) is 0 Å². The molecule has 2 saturated heterocycles. The molecule has 3 rings (SSSR count). The Morgan fingerprint density at radius 2 is 1.81 bits per heavy atom. The van der Waals surface area contributed by atoms with Crippen molar-refractivity contribution in [1.29, 1.82) is 0 Å². The van der Waals surface area contributed by atoms with Gasteiger partial charge in [-0.3, -0.25) is 4.79 Å². The van der Waals surface area contributed by atoms with Crippen LogP contribution in [-0.2, 0) is 14.8 Å². The summed E-state index contributed by atoms with van der Waals surface area (Å²) in [7, 11) is -3.19. The molecule has 0 radical (unpaired) electrons. The van der Waals surface area contributed by atoms with Crippen LogP contribution in [-0.4, -0.2) is 61.5 Å². The van der Waals surface area contributed by atoms with E-state index in [1.807, 2.05) is 31.2 Å². The van der Waals surface area contributed by atoms with Gasteiger partial charge in [-0.1, -0.05) is 30.7 Å². The van der Waals surface area contributed by atoms with Crippen molar-refractivity contribution in [3.8, 4) is 0 Å². The first-order valence-electron chi connectivity index (χ1n) is 8.94. The van der Waals surface area contributed by atoms with Crippen LogP contribution in [0.25, 0.3) is 0 Å². The zero-order valence-corrected chi connectivity index (χ0v) is 16.4. The fraction of sp³-hybridized carbons (Fsp3) is 0.588. The summed E-state index contributed by atoms with van der Waals surface area (Å²) in [4.78, 5) is 14.5. The van der Waals surface area contributed by atoms with Gasteiger partial charge in [0, 0.05) is 37.2 Å². The Balaban J connectivity index is 1.54. The predicted molar refractivity (Wildman–Crippen MR) is 101 cm³/mol. The van der Waals surface area contributed by atoms with Gasteiger partial charge in [0.1, 0.15) is 6.04 Å². The summed E-state index contributed by atoms with van der Waals surface area (Å²) in [6.07, 6.45) is 1.25. The molecule has 0 saturated carbocycles. The molecule has 1 amide bonds. The minimum absolute atomic E-state index is 0.0153. The lowest BCUT2D eigenvalue weighted by Gasteiger charge is -2.35. The molecule has 26 heavy (non-hydrogen) atoms. The van der Waals surface area contributed by atoms with Gasteiger partial charge in [0.2, 0.25) is 15.9 Å². The van der Waals surface area contributed by atoms with Crippen molar-refractivity contribution in [2.24, 2.45) is 0 Å². The highest BCUT2D eigenvalue weighted by molar-refractivity contribution is 7.89. The molecular formula is C17H25ClN4O3S. The minimum Gasteiger partial charge on any atom is -0.339 e. The monoisotopic (exact) mass is 400 g/mol. The molecule has 1 aromatic rings. The molecule has 0 aliphatic carbocycles. The number of hydrogen-bond donors (Lipinski definition) is 2. The van der Waals surface area contributed by atoms with Crippen molar-refractivity contribution in [2.75, 3.05) is 31.9 Å². The number of hydrazine groups is 1. The number of carbonyl (C=O) groups is 1. The maximum atomic E-state index is 12.7. The Bertz CT molecular complexity index is 733. The molecule has 0 aromatic heterocycles. The van der Waals surface area contributed by atoms with Gasteiger partial charge >= 0.3 is 0 Å². The normalized spacial score (nSPS) is 24.8. The summed E-state index contributed by atoms with van der Waals surface area (Å²) in [6.45, 7) is 3.47. The lowest BCUT2D eigenvalue weighted by Crippen LogP contribution is -2.54. The van der Waals surface area contributed by atoms with Gasteiger partial charge < -0.3 is 4.90 Å². The van der Waals surface area contributed by atoms with Crippen LogP contribution in [0.15, 0.2) is 24.3 Å². The number of sulfonamides is 1. The summed E-state index contributed by atoms with van der Waals surface area (Å²) in [5.41, 5.74) is 7.31. The number of halogens is 1. The summed E-state index contributed by atoms with van der Waals surface area (Å²) < 4.78 is 25.8. The standard InChI is InChI=1S/C17H25ClN4O3S/c1-2-11-26(24,25)22-9-7-21(8-10-22)17(23)16-12-15(19-20-16)13-3-5-14(18)6-4-13/h3-6,15-16,19-20H,2,7-12H2,1H3. The Morgan fingerprint density at radius 3 is 2.42 bits per heavy atom. The van der Waals surface area contributed by atoms with Crippen molar-refractivity contribution >= 4 is 27.5 Å². The summed E-state index contributed by atoms with van der Waals surface area (Å²) in [5.74, 6) is 0.180. The van der Waals surface area contributed by atoms with E-state index >= 15 is 0 Å². The van der Waals surface area contributed by atoms with Crippen molar-refractivity contribution in [2.45, 2.75) is 31.8 Å². The van der Waals surface area contributed by atoms with E-state index < -0.39 is 10.0 Å². The fourth-order valence-electron chi connectivity index (χ4n) is 3.43. The number of piperazine rings is 1. The minimum atomic E-state index is -3.19. The van der Waals surface area contributed by atoms with Crippen LogP contribution in [0.3, 0.4) is 0 Å². The first-order valence-corrected chi connectivity index (χ1v) is 10.9. The zero-order valence-electron chi connectivity index (χ0n) is 14.8. The summed E-state index contributed by atoms with van der Waals surface area (Å²) >= 11 is 5.92. The molecule has 2 atom stereocenters. The third-order valence-electron chi connectivity index (χ3n) is 4.88. The zero-order chi connectivity index (χ0) is 18.7. The number of hydrogen-bond acceptors (Lipinski definition) is 5. The van der Waals surface area contributed by atoms with Crippen molar-refractivity contribution < 1.29 is 13.2 Å². The maximum absolute atomic E-state index is 12.7. The Hall–Kier alpha value is -1.19. The van der Waals surface area contributed by atoms with E-state index in [0.717, 1.165) is 5.56 Å². The molecule has 0 spiro atoms. The Kier molecular flexibility index (Phi) is 6.19. The summed E-state index contributed by atoms with van der Waals surface area (Å²) in [5, 5.41) is 0.684. The number of benzene rings is 1. The molecule has 2 aliphatic rings. The van der Waals surface area contributed by atoms with Crippen LogP contribution >= 0.6 is 11.6 Å². The van der Waals surface area contributed by atoms with Gasteiger partial charge in [0.15, 0.2) is 0 Å². The smallest absolute Gasteiger partial charge is 0.241 e. The third kappa shape index (κ3) is 4.37. The number of amides is 1. The first-order chi connectivity index (χ1) is 12.4. The number of carbonyl (C=O) groups excluding carboxylic acids is 1. The highest BCUT2D eigenvalue weighted by Gasteiger charge is 2.35. The van der Waals surface area contributed by atoms with E-state index in [1.54, 1.807) is 4.90 Å². The molecule has 2 fully saturated rings. The molecule has 7 nitrogen and oxygen atoms in total. The molecule has 9 heteroatoms. The predicted octanol–water partition coefficient (Wildman–Crippen LogP) is 1.13. The molecule has 144 valence electrons. The van der Waals surface area contributed by atoms with Gasteiger partial charge in [-0.2, -0.15) is 4.31 Å². The largest absolute Gasteiger partial charge is 0.339 e. The first kappa shape index (κ1) is 19.6. The van der Waals surface area contributed by atoms with E-state index in [-0.39, 0.29) is 23.7 Å². The highest BCUT2D eigenvalue weighted by atomic mass is 35.5. The van der Waals surface area contributed by atoms with Crippen LogP contribution in [0.1, 0.15) is 31.4 Å². The van der Waals surface area contributed by atoms with Gasteiger partial charge in [-0.15, -0.1) is 0 Å². The van der Waals surface area contributed by atoms with E-state index in [1.165, 1.54) is 4.31 Å². The second-order valence-corrected chi connectivity index (χ2v) is 9.25. The molecule has 2 aliphatic heterocycles. The molecular weight excluding hydrogens is 376 g/mol. The number of rotatable bonds is 5. The topological polar surface area (TPSA) is 81.8 Å². The molecule has 2 heterocycles. The quantitative estimate of drug-likeness (QED) is 0.774. The van der Waals surface area contributed by atoms with Crippen LogP contribution in [0.4, 0.5) is 0 Å². The highest BCUT2D eigenvalue weighted by Crippen LogP contribution is 2.24. The van der Waals surface area contributed by atoms with Crippen LogP contribution in [0, 0.1) is 0 Å². The van der Waals surface area contributed by atoms with Crippen LogP contribution in [0.2, 0.25) is 5.02 Å². The molecule has 0 bridgehead atoms. The second-order valence-electron chi connectivity index (χ2n) is 6.72.